The van der Waals surface area contributed by atoms with Gasteiger partial charge in [-0.2, -0.15) is 0 Å². The highest BCUT2D eigenvalue weighted by Crippen LogP contribution is 1.81. The summed E-state index contributed by atoms with van der Waals surface area (Å²) in [4.78, 5) is 38.8. The summed E-state index contributed by atoms with van der Waals surface area (Å²) in [6, 6.07) is 0. The Morgan fingerprint density at radius 2 is 1.23 bits per heavy atom. The highest BCUT2D eigenvalue weighted by Gasteiger charge is 1.87. The van der Waals surface area contributed by atoms with Crippen molar-refractivity contribution in [1.29, 1.82) is 0 Å². The van der Waals surface area contributed by atoms with Crippen molar-refractivity contribution in [3.63, 3.8) is 0 Å². The molecule has 0 saturated heterocycles. The summed E-state index contributed by atoms with van der Waals surface area (Å²) in [5, 5.41) is 7.45. The van der Waals surface area contributed by atoms with Gasteiger partial charge in [0.05, 0.1) is 7.11 Å². The first kappa shape index (κ1) is 39.4. The molecule has 8 N–H and O–H groups in total. The van der Waals surface area contributed by atoms with Gasteiger partial charge in [-0.05, 0) is 11.6 Å². The highest BCUT2D eigenvalue weighted by molar-refractivity contribution is 6.63. The molecule has 0 spiro atoms. The smallest absolute Gasteiger partial charge is 0.305 e. The molecule has 0 radical (unpaired) electrons. The summed E-state index contributed by atoms with van der Waals surface area (Å²) >= 11 is 4.82. The number of amides is 1. The minimum absolute atomic E-state index is 0.130. The number of carboxylic acid groups (broad SMARTS) is 1. The topological polar surface area (TPSA) is 188 Å². The molecule has 0 heterocycles. The van der Waals surface area contributed by atoms with Crippen LogP contribution in [0.1, 0.15) is 67.2 Å². The Morgan fingerprint density at radius 3 is 1.23 bits per heavy atom. The largest absolute Gasteiger partial charge is 0.481 e. The van der Waals surface area contributed by atoms with E-state index in [9.17, 15) is 19.2 Å². The molecule has 0 unspecified atom stereocenters. The Labute approximate surface area is 161 Å². The van der Waals surface area contributed by atoms with E-state index in [1.54, 1.807) is 27.7 Å². The van der Waals surface area contributed by atoms with Crippen molar-refractivity contribution in [1.82, 2.24) is 5.43 Å². The van der Waals surface area contributed by atoms with Crippen molar-refractivity contribution < 1.29 is 29.0 Å². The fraction of sp³-hybridized carbons (Fsp3) is 0.733. The van der Waals surface area contributed by atoms with Gasteiger partial charge in [-0.1, -0.05) is 41.5 Å². The van der Waals surface area contributed by atoms with Crippen LogP contribution >= 0.6 is 11.6 Å². The Balaban J connectivity index is -0.0000000482. The molecule has 0 rings (SSSR count). The molecule has 0 bridgehead atoms. The summed E-state index contributed by atoms with van der Waals surface area (Å²) in [5.41, 5.74) is 1.98. The number of rotatable bonds is 4. The van der Waals surface area contributed by atoms with E-state index in [1.807, 2.05) is 19.3 Å². The fourth-order valence-corrected chi connectivity index (χ4v) is 0.246. The summed E-state index contributed by atoms with van der Waals surface area (Å²) in [6.07, 6.45) is 1.58. The predicted molar refractivity (Wildman–Crippen MR) is 104 cm³/mol. The molecule has 0 saturated carbocycles. The Morgan fingerprint density at radius 1 is 0.923 bits per heavy atom. The zero-order valence-corrected chi connectivity index (χ0v) is 17.7. The summed E-state index contributed by atoms with van der Waals surface area (Å²) < 4.78 is 4.26. The molecule has 11 heteroatoms. The minimum Gasteiger partial charge on any atom is -0.481 e. The summed E-state index contributed by atoms with van der Waals surface area (Å²) in [7, 11) is 1.38. The number of halogens is 1. The van der Waals surface area contributed by atoms with Gasteiger partial charge in [0.1, 0.15) is 0 Å². The quantitative estimate of drug-likeness (QED) is 0.152. The average Bonchev–Trinajstić information content (AvgIpc) is 2.70. The lowest BCUT2D eigenvalue weighted by Gasteiger charge is -1.87. The number of aliphatic carboxylic acids is 1. The molecule has 0 atom stereocenters. The van der Waals surface area contributed by atoms with E-state index in [1.165, 1.54) is 7.11 Å². The zero-order chi connectivity index (χ0) is 22.6. The van der Waals surface area contributed by atoms with Gasteiger partial charge in [-0.3, -0.25) is 36.3 Å². The number of ether oxygens (including phenoxy) is 1. The first-order valence-electron chi connectivity index (χ1n) is 7.96. The lowest BCUT2D eigenvalue weighted by molar-refractivity contribution is -0.140. The molecule has 0 aromatic carbocycles. The lowest BCUT2D eigenvalue weighted by atomic mass is 10.5. The van der Waals surface area contributed by atoms with Gasteiger partial charge in [0.15, 0.2) is 0 Å². The van der Waals surface area contributed by atoms with Crippen LogP contribution in [0.3, 0.4) is 0 Å². The van der Waals surface area contributed by atoms with Gasteiger partial charge in [0.25, 0.3) is 0 Å². The van der Waals surface area contributed by atoms with Crippen LogP contribution in [0.5, 0.6) is 0 Å². The Hall–Kier alpha value is -1.75. The van der Waals surface area contributed by atoms with E-state index in [-0.39, 0.29) is 23.5 Å². The normalized spacial score (nSPS) is 6.88. The third kappa shape index (κ3) is 95.6. The molecule has 0 aliphatic rings. The van der Waals surface area contributed by atoms with E-state index in [4.69, 9.17) is 16.7 Å². The van der Waals surface area contributed by atoms with E-state index in [0.29, 0.717) is 19.3 Å². The number of hydrogen-bond acceptors (Lipinski definition) is 8. The zero-order valence-electron chi connectivity index (χ0n) is 16.9. The van der Waals surface area contributed by atoms with Crippen molar-refractivity contribution in [3.05, 3.63) is 0 Å². The summed E-state index contributed by atoms with van der Waals surface area (Å²) in [5.74, 6) is 11.7. The second-order valence-corrected chi connectivity index (χ2v) is 3.73. The molecule has 0 aliphatic heterocycles. The molecular weight excluding hydrogens is 368 g/mol. The number of carboxylic acids is 1. The SMILES string of the molecule is CC.CCC(=O)Cl.CCC(=O)NN.CCC(=O)O.CCC(=O)OC.NN. The number of nitrogens with one attached hydrogen (secondary N) is 1. The van der Waals surface area contributed by atoms with Gasteiger partial charge < -0.3 is 9.84 Å². The molecule has 0 aromatic heterocycles. The molecule has 26 heavy (non-hydrogen) atoms. The average molecular weight is 405 g/mol. The van der Waals surface area contributed by atoms with E-state index < -0.39 is 5.97 Å². The fourth-order valence-electron chi connectivity index (χ4n) is 0.246. The van der Waals surface area contributed by atoms with Crippen LogP contribution in [0.2, 0.25) is 0 Å². The number of carbonyl (C=O) groups is 4. The molecule has 0 fully saturated rings. The standard InChI is InChI=1S/C4H8O2.C3H5ClO.C3H8N2O.C3H6O2.C2H6.H4N2/c1-3-4(5)6-2;1-2-3(4)5;1-2-3(6)5-4;1-2-3(4)5;2*1-2/h3H2,1-2H3;2H2,1H3;2,4H2,1H3,(H,5,6);2H2,1H3,(H,4,5);1-2H3;1-2H2. The van der Waals surface area contributed by atoms with Crippen LogP contribution in [-0.4, -0.2) is 35.3 Å². The van der Waals surface area contributed by atoms with Crippen LogP contribution < -0.4 is 23.0 Å². The maximum absolute atomic E-state index is 9.96. The van der Waals surface area contributed by atoms with Crippen molar-refractivity contribution in [2.45, 2.75) is 67.2 Å². The monoisotopic (exact) mass is 404 g/mol. The van der Waals surface area contributed by atoms with Crippen LogP contribution in [0.25, 0.3) is 0 Å². The number of esters is 1. The number of hydrazine groups is 2. The molecule has 0 aromatic rings. The Kier molecular flexibility index (Phi) is 66.0. The molecule has 160 valence electrons. The lowest BCUT2D eigenvalue weighted by Crippen LogP contribution is -2.28. The highest BCUT2D eigenvalue weighted by atomic mass is 35.5. The van der Waals surface area contributed by atoms with Crippen LogP contribution in [-0.2, 0) is 23.9 Å². The minimum atomic E-state index is -0.745. The van der Waals surface area contributed by atoms with Crippen molar-refractivity contribution in [2.24, 2.45) is 17.5 Å². The van der Waals surface area contributed by atoms with E-state index in [2.05, 4.69) is 22.3 Å². The number of hydrogen-bond donors (Lipinski definition) is 5. The third-order valence-corrected chi connectivity index (χ3v) is 1.85. The first-order valence-corrected chi connectivity index (χ1v) is 8.33. The second-order valence-electron chi connectivity index (χ2n) is 3.31. The third-order valence-electron chi connectivity index (χ3n) is 1.58. The van der Waals surface area contributed by atoms with Crippen LogP contribution in [0, 0.1) is 0 Å². The molecule has 1 amide bonds. The van der Waals surface area contributed by atoms with Gasteiger partial charge in [0.2, 0.25) is 11.1 Å². The van der Waals surface area contributed by atoms with Gasteiger partial charge in [-0.25, -0.2) is 5.84 Å². The van der Waals surface area contributed by atoms with Crippen molar-refractivity contribution in [2.75, 3.05) is 7.11 Å². The van der Waals surface area contributed by atoms with Crippen LogP contribution in [0.15, 0.2) is 0 Å². The summed E-state index contributed by atoms with van der Waals surface area (Å²) in [6.45, 7) is 10.8. The van der Waals surface area contributed by atoms with Crippen molar-refractivity contribution in [3.8, 4) is 0 Å². The van der Waals surface area contributed by atoms with E-state index >= 15 is 0 Å². The molecule has 10 nitrogen and oxygen atoms in total. The first-order chi connectivity index (χ1) is 12.2. The maximum Gasteiger partial charge on any atom is 0.305 e. The van der Waals surface area contributed by atoms with E-state index in [0.717, 1.165) is 0 Å². The molecule has 0 aliphatic carbocycles. The van der Waals surface area contributed by atoms with Crippen LogP contribution in [0.4, 0.5) is 0 Å². The maximum atomic E-state index is 9.96. The second kappa shape index (κ2) is 43.6. The van der Waals surface area contributed by atoms with Gasteiger partial charge >= 0.3 is 11.9 Å². The predicted octanol–water partition coefficient (Wildman–Crippen LogP) is 1.44. The van der Waals surface area contributed by atoms with Gasteiger partial charge in [0, 0.05) is 25.7 Å². The Bertz CT molecular complexity index is 277. The number of nitrogens with two attached hydrogens (primary N) is 3. The number of methoxy groups -OCH3 is 1. The van der Waals surface area contributed by atoms with Crippen molar-refractivity contribution >= 4 is 34.7 Å². The number of carbonyl (C=O) groups excluding carboxylic acids is 3. The van der Waals surface area contributed by atoms with Gasteiger partial charge in [-0.15, -0.1) is 0 Å². The molecular formula is C15H37ClN4O6.